The Morgan fingerprint density at radius 1 is 1.03 bits per heavy atom. The van der Waals surface area contributed by atoms with Crippen molar-refractivity contribution in [2.75, 3.05) is 30.1 Å². The molecule has 0 spiro atoms. The lowest BCUT2D eigenvalue weighted by molar-refractivity contribution is -0.146. The molecule has 11 heteroatoms. The van der Waals surface area contributed by atoms with Crippen LogP contribution in [0.4, 0.5) is 24.8 Å². The van der Waals surface area contributed by atoms with Crippen molar-refractivity contribution in [2.45, 2.75) is 6.18 Å². The monoisotopic (exact) mass is 471 g/mol. The molecule has 3 rings (SSSR count). The predicted octanol–water partition coefficient (Wildman–Crippen LogP) is 3.54. The number of hydrogen-bond donors (Lipinski definition) is 0. The second-order valence-corrected chi connectivity index (χ2v) is 6.97. The van der Waals surface area contributed by atoms with E-state index in [2.05, 4.69) is 15.1 Å². The lowest BCUT2D eigenvalue weighted by Gasteiger charge is -2.19. The zero-order valence-corrected chi connectivity index (χ0v) is 18.0. The highest BCUT2D eigenvalue weighted by atomic mass is 19.4. The molecule has 0 saturated carbocycles. The Morgan fingerprint density at radius 3 is 2.41 bits per heavy atom. The zero-order valence-electron chi connectivity index (χ0n) is 18.0. The van der Waals surface area contributed by atoms with Crippen molar-refractivity contribution in [1.82, 2.24) is 9.97 Å². The van der Waals surface area contributed by atoms with Gasteiger partial charge in [0.2, 0.25) is 5.95 Å². The van der Waals surface area contributed by atoms with E-state index in [1.54, 1.807) is 43.4 Å². The van der Waals surface area contributed by atoms with Crippen molar-refractivity contribution in [3.05, 3.63) is 84.2 Å². The first-order valence-electron chi connectivity index (χ1n) is 9.97. The number of halogens is 3. The van der Waals surface area contributed by atoms with Gasteiger partial charge in [0.25, 0.3) is 5.91 Å². The average molecular weight is 471 g/mol. The Morgan fingerprint density at radius 2 is 1.74 bits per heavy atom. The molecule has 0 saturated heterocycles. The molecule has 0 radical (unpaired) electrons. The fraction of sp³-hybridized carbons (Fsp3) is 0.174. The van der Waals surface area contributed by atoms with Crippen molar-refractivity contribution in [3.63, 3.8) is 0 Å². The van der Waals surface area contributed by atoms with Crippen LogP contribution in [0, 0.1) is 0 Å². The molecule has 34 heavy (non-hydrogen) atoms. The minimum atomic E-state index is -4.61. The van der Waals surface area contributed by atoms with Crippen molar-refractivity contribution >= 4 is 29.7 Å². The number of rotatable bonds is 8. The molecule has 0 fully saturated rings. The Hall–Kier alpha value is -4.28. The van der Waals surface area contributed by atoms with Crippen LogP contribution >= 0.6 is 0 Å². The summed E-state index contributed by atoms with van der Waals surface area (Å²) in [7, 11) is 1.57. The van der Waals surface area contributed by atoms with E-state index in [9.17, 15) is 22.8 Å². The lowest BCUT2D eigenvalue weighted by atomic mass is 10.2. The highest BCUT2D eigenvalue weighted by Crippen LogP contribution is 2.31. The molecule has 0 aliphatic rings. The van der Waals surface area contributed by atoms with Gasteiger partial charge in [0, 0.05) is 19.4 Å². The van der Waals surface area contributed by atoms with Gasteiger partial charge in [-0.15, -0.1) is 0 Å². The molecule has 1 aromatic heterocycles. The third-order valence-electron chi connectivity index (χ3n) is 4.39. The number of nitrogens with zero attached hydrogens (tertiary/aromatic N) is 5. The van der Waals surface area contributed by atoms with Crippen LogP contribution in [0.5, 0.6) is 0 Å². The van der Waals surface area contributed by atoms with Crippen LogP contribution in [-0.2, 0) is 20.5 Å². The summed E-state index contributed by atoms with van der Waals surface area (Å²) >= 11 is 0. The number of hydrogen-bond acceptors (Lipinski definition) is 7. The highest BCUT2D eigenvalue weighted by Gasteiger charge is 2.31. The maximum Gasteiger partial charge on any atom is 0.416 e. The lowest BCUT2D eigenvalue weighted by Crippen LogP contribution is -2.34. The van der Waals surface area contributed by atoms with Gasteiger partial charge < -0.3 is 9.64 Å². The van der Waals surface area contributed by atoms with E-state index in [-0.39, 0.29) is 18.2 Å². The molecule has 0 aliphatic carbocycles. The van der Waals surface area contributed by atoms with E-state index in [4.69, 9.17) is 4.74 Å². The molecular formula is C23H20F3N5O3. The van der Waals surface area contributed by atoms with Gasteiger partial charge in [0.05, 0.1) is 17.5 Å². The maximum absolute atomic E-state index is 13.2. The van der Waals surface area contributed by atoms with Gasteiger partial charge in [-0.3, -0.25) is 9.59 Å². The Kier molecular flexibility index (Phi) is 7.91. The van der Waals surface area contributed by atoms with Crippen LogP contribution in [0.25, 0.3) is 0 Å². The van der Waals surface area contributed by atoms with Gasteiger partial charge in [-0.2, -0.15) is 23.3 Å². The molecule has 1 amide bonds. The van der Waals surface area contributed by atoms with Crippen LogP contribution in [0.15, 0.2) is 78.2 Å². The largest absolute Gasteiger partial charge is 0.454 e. The number of hydrazone groups is 1. The van der Waals surface area contributed by atoms with E-state index in [0.29, 0.717) is 5.56 Å². The number of anilines is 2. The summed E-state index contributed by atoms with van der Waals surface area (Å²) in [4.78, 5) is 34.4. The number of benzene rings is 2. The first-order valence-corrected chi connectivity index (χ1v) is 9.97. The number of likely N-dealkylation sites (N-methyl/N-ethyl adjacent to an activating group) is 1. The summed E-state index contributed by atoms with van der Waals surface area (Å²) < 4.78 is 44.5. The van der Waals surface area contributed by atoms with E-state index >= 15 is 0 Å². The number of aromatic nitrogens is 2. The Bertz CT molecular complexity index is 1140. The quantitative estimate of drug-likeness (QED) is 0.284. The van der Waals surface area contributed by atoms with Crippen LogP contribution in [0.1, 0.15) is 11.1 Å². The molecule has 2 aromatic carbocycles. The standard InChI is InChI=1S/C23H20F3N5O3/c1-30(22-27-11-6-12-28-22)15-21(33)34-16-20(32)31(29-14-17-7-3-2-4-8-17)19-10-5-9-18(13-19)23(24,25)26/h2-14H,15-16H2,1H3/b29-14+. The minimum absolute atomic E-state index is 0.127. The molecule has 0 aliphatic heterocycles. The number of alkyl halides is 3. The van der Waals surface area contributed by atoms with Crippen molar-refractivity contribution in [1.29, 1.82) is 0 Å². The first-order chi connectivity index (χ1) is 16.2. The van der Waals surface area contributed by atoms with Crippen LogP contribution in [0.3, 0.4) is 0 Å². The number of amides is 1. The maximum atomic E-state index is 13.2. The number of carbonyl (C=O) groups is 2. The molecule has 0 atom stereocenters. The van der Waals surface area contributed by atoms with Gasteiger partial charge in [0.1, 0.15) is 6.54 Å². The minimum Gasteiger partial charge on any atom is -0.454 e. The Balaban J connectivity index is 1.74. The van der Waals surface area contributed by atoms with E-state index < -0.39 is 30.2 Å². The molecule has 0 N–H and O–H groups in total. The normalized spacial score (nSPS) is 11.3. The van der Waals surface area contributed by atoms with Gasteiger partial charge >= 0.3 is 12.1 Å². The molecule has 0 unspecified atom stereocenters. The molecule has 176 valence electrons. The topological polar surface area (TPSA) is 88.0 Å². The second-order valence-electron chi connectivity index (χ2n) is 6.97. The van der Waals surface area contributed by atoms with Gasteiger partial charge in [0.15, 0.2) is 6.61 Å². The third-order valence-corrected chi connectivity index (χ3v) is 4.39. The van der Waals surface area contributed by atoms with E-state index in [1.165, 1.54) is 29.6 Å². The first kappa shape index (κ1) is 24.4. The van der Waals surface area contributed by atoms with Gasteiger partial charge in [-0.1, -0.05) is 36.4 Å². The second kappa shape index (κ2) is 11.0. The van der Waals surface area contributed by atoms with Crippen molar-refractivity contribution in [3.8, 4) is 0 Å². The van der Waals surface area contributed by atoms with E-state index in [1.807, 2.05) is 0 Å². The summed E-state index contributed by atoms with van der Waals surface area (Å²) in [5.74, 6) is -1.30. The number of ether oxygens (including phenoxy) is 1. The molecule has 1 heterocycles. The fourth-order valence-corrected chi connectivity index (χ4v) is 2.75. The molecule has 8 nitrogen and oxygen atoms in total. The van der Waals surface area contributed by atoms with E-state index in [0.717, 1.165) is 23.2 Å². The zero-order chi connectivity index (χ0) is 24.6. The number of esters is 1. The molecule has 0 bridgehead atoms. The molecule has 3 aromatic rings. The van der Waals surface area contributed by atoms with Crippen molar-refractivity contribution < 1.29 is 27.5 Å². The summed E-state index contributed by atoms with van der Waals surface area (Å²) in [5.41, 5.74) is -0.453. The summed E-state index contributed by atoms with van der Waals surface area (Å²) in [5, 5.41) is 4.81. The third kappa shape index (κ3) is 6.86. The number of carbonyl (C=O) groups excluding carboxylic acids is 2. The summed E-state index contributed by atoms with van der Waals surface area (Å²) in [6, 6.07) is 14.4. The van der Waals surface area contributed by atoms with Crippen LogP contribution in [-0.4, -0.2) is 48.3 Å². The SMILES string of the molecule is CN(CC(=O)OCC(=O)N(/N=C/c1ccccc1)c1cccc(C(F)(F)F)c1)c1ncccn1. The van der Waals surface area contributed by atoms with Gasteiger partial charge in [-0.25, -0.2) is 9.97 Å². The summed E-state index contributed by atoms with van der Waals surface area (Å²) in [6.45, 7) is -0.973. The summed E-state index contributed by atoms with van der Waals surface area (Å²) in [6.07, 6.45) is -0.276. The predicted molar refractivity (Wildman–Crippen MR) is 119 cm³/mol. The average Bonchev–Trinajstić information content (AvgIpc) is 2.83. The Labute approximate surface area is 193 Å². The smallest absolute Gasteiger partial charge is 0.416 e. The van der Waals surface area contributed by atoms with Gasteiger partial charge in [-0.05, 0) is 29.8 Å². The van der Waals surface area contributed by atoms with Crippen LogP contribution < -0.4 is 9.91 Å². The van der Waals surface area contributed by atoms with Crippen LogP contribution in [0.2, 0.25) is 0 Å². The van der Waals surface area contributed by atoms with Crippen molar-refractivity contribution in [2.24, 2.45) is 5.10 Å². The molecular weight excluding hydrogens is 451 g/mol. The highest BCUT2D eigenvalue weighted by molar-refractivity contribution is 5.97. The fourth-order valence-electron chi connectivity index (χ4n) is 2.75.